The molecule has 4 aromatic carbocycles. The Balaban J connectivity index is 0.897. The number of halogens is 4. The van der Waals surface area contributed by atoms with Gasteiger partial charge in [-0.2, -0.15) is 4.39 Å². The van der Waals surface area contributed by atoms with Crippen LogP contribution in [0.4, 0.5) is 17.6 Å². The molecule has 0 atom stereocenters. The summed E-state index contributed by atoms with van der Waals surface area (Å²) in [4.78, 5) is 0. The molecule has 1 fully saturated rings. The molecule has 4 aromatic rings. The lowest BCUT2D eigenvalue weighted by Gasteiger charge is -2.28. The fraction of sp³-hybridized carbons (Fsp3) is 0.455. The van der Waals surface area contributed by atoms with Gasteiger partial charge in [0.2, 0.25) is 5.82 Å². The largest absolute Gasteiger partial charge is 0.494 e. The highest BCUT2D eigenvalue weighted by molar-refractivity contribution is 5.66. The van der Waals surface area contributed by atoms with Crippen molar-refractivity contribution >= 4 is 0 Å². The SMILES string of the molecule is CCCC1CCC(c2ccc(-c3ccc(OCCCCCCCCCCCOc4ccc(-c5ccc(F)c(F)c5)cc4)c(F)c3F)cc2)CC1. The number of hydrogen-bond donors (Lipinski definition) is 0. The molecule has 0 radical (unpaired) electrons. The molecular weight excluding hydrogens is 636 g/mol. The Morgan fingerprint density at radius 2 is 1.12 bits per heavy atom. The molecule has 0 bridgehead atoms. The molecule has 0 spiro atoms. The van der Waals surface area contributed by atoms with Crippen molar-refractivity contribution in [3.63, 3.8) is 0 Å². The van der Waals surface area contributed by atoms with Gasteiger partial charge in [0.1, 0.15) is 5.75 Å². The molecular formula is C44H52F4O2. The number of benzene rings is 4. The summed E-state index contributed by atoms with van der Waals surface area (Å²) in [5.74, 6) is -1.29. The summed E-state index contributed by atoms with van der Waals surface area (Å²) < 4.78 is 68.1. The Labute approximate surface area is 296 Å². The third-order valence-corrected chi connectivity index (χ3v) is 10.2. The van der Waals surface area contributed by atoms with E-state index in [2.05, 4.69) is 19.1 Å². The van der Waals surface area contributed by atoms with Crippen LogP contribution in [0.15, 0.2) is 78.9 Å². The van der Waals surface area contributed by atoms with Crippen LogP contribution in [0.5, 0.6) is 11.5 Å². The quantitative estimate of drug-likeness (QED) is 0.0721. The second-order valence-electron chi connectivity index (χ2n) is 13.9. The highest BCUT2D eigenvalue weighted by Gasteiger charge is 2.22. The molecule has 0 saturated heterocycles. The minimum Gasteiger partial charge on any atom is -0.494 e. The normalized spacial score (nSPS) is 16.0. The predicted molar refractivity (Wildman–Crippen MR) is 196 cm³/mol. The Bertz CT molecular complexity index is 1590. The summed E-state index contributed by atoms with van der Waals surface area (Å²) in [7, 11) is 0. The van der Waals surface area contributed by atoms with Crippen molar-refractivity contribution in [3.8, 4) is 33.8 Å². The van der Waals surface area contributed by atoms with E-state index in [4.69, 9.17) is 9.47 Å². The van der Waals surface area contributed by atoms with E-state index in [1.807, 2.05) is 36.4 Å². The molecule has 1 saturated carbocycles. The highest BCUT2D eigenvalue weighted by Crippen LogP contribution is 2.38. The van der Waals surface area contributed by atoms with E-state index in [0.717, 1.165) is 68.2 Å². The second kappa shape index (κ2) is 19.6. The van der Waals surface area contributed by atoms with E-state index in [1.165, 1.54) is 63.0 Å². The van der Waals surface area contributed by atoms with E-state index in [-0.39, 0.29) is 11.3 Å². The zero-order valence-electron chi connectivity index (χ0n) is 29.5. The van der Waals surface area contributed by atoms with Crippen molar-refractivity contribution in [1.29, 1.82) is 0 Å². The maximum absolute atomic E-state index is 15.0. The molecule has 0 aromatic heterocycles. The van der Waals surface area contributed by atoms with Gasteiger partial charge in [0.05, 0.1) is 13.2 Å². The zero-order chi connectivity index (χ0) is 35.1. The van der Waals surface area contributed by atoms with Crippen LogP contribution < -0.4 is 9.47 Å². The fourth-order valence-corrected chi connectivity index (χ4v) is 7.23. The summed E-state index contributed by atoms with van der Waals surface area (Å²) in [6.45, 7) is 3.28. The second-order valence-corrected chi connectivity index (χ2v) is 13.9. The minimum absolute atomic E-state index is 0.0191. The van der Waals surface area contributed by atoms with Crippen molar-refractivity contribution < 1.29 is 27.0 Å². The molecule has 0 unspecified atom stereocenters. The van der Waals surface area contributed by atoms with Crippen LogP contribution in [0.1, 0.15) is 115 Å². The monoisotopic (exact) mass is 688 g/mol. The summed E-state index contributed by atoms with van der Waals surface area (Å²) in [5.41, 5.74) is 3.70. The molecule has 0 aliphatic heterocycles. The molecule has 2 nitrogen and oxygen atoms in total. The molecule has 1 aliphatic rings. The Hall–Kier alpha value is -3.80. The van der Waals surface area contributed by atoms with E-state index in [9.17, 15) is 13.2 Å². The lowest BCUT2D eigenvalue weighted by atomic mass is 9.77. The topological polar surface area (TPSA) is 18.5 Å². The third-order valence-electron chi connectivity index (χ3n) is 10.2. The predicted octanol–water partition coefficient (Wildman–Crippen LogP) is 13.6. The van der Waals surface area contributed by atoms with E-state index < -0.39 is 23.3 Å². The lowest BCUT2D eigenvalue weighted by molar-refractivity contribution is 0.285. The van der Waals surface area contributed by atoms with E-state index >= 15 is 4.39 Å². The van der Waals surface area contributed by atoms with Crippen LogP contribution in [0, 0.1) is 29.2 Å². The number of ether oxygens (including phenoxy) is 2. The van der Waals surface area contributed by atoms with Gasteiger partial charge >= 0.3 is 0 Å². The van der Waals surface area contributed by atoms with Crippen LogP contribution in [-0.2, 0) is 0 Å². The number of hydrogen-bond acceptors (Lipinski definition) is 2. The molecule has 6 heteroatoms. The summed E-state index contributed by atoms with van der Waals surface area (Å²) in [6.07, 6.45) is 17.2. The number of rotatable bonds is 19. The summed E-state index contributed by atoms with van der Waals surface area (Å²) in [6, 6.07) is 22.5. The Morgan fingerprint density at radius 3 is 1.74 bits per heavy atom. The maximum Gasteiger partial charge on any atom is 0.201 e. The summed E-state index contributed by atoms with van der Waals surface area (Å²) >= 11 is 0. The van der Waals surface area contributed by atoms with Gasteiger partial charge < -0.3 is 9.47 Å². The Kier molecular flexibility index (Phi) is 14.6. The van der Waals surface area contributed by atoms with Crippen molar-refractivity contribution in [1.82, 2.24) is 0 Å². The van der Waals surface area contributed by atoms with Crippen LogP contribution in [-0.4, -0.2) is 13.2 Å². The first kappa shape index (κ1) is 37.5. The van der Waals surface area contributed by atoms with Gasteiger partial charge in [-0.1, -0.05) is 107 Å². The smallest absolute Gasteiger partial charge is 0.201 e. The van der Waals surface area contributed by atoms with Crippen molar-refractivity contribution in [2.75, 3.05) is 13.2 Å². The maximum atomic E-state index is 15.0. The van der Waals surface area contributed by atoms with Crippen LogP contribution in [0.2, 0.25) is 0 Å². The number of unbranched alkanes of at least 4 members (excludes halogenated alkanes) is 8. The van der Waals surface area contributed by atoms with Gasteiger partial charge in [-0.3, -0.25) is 0 Å². The highest BCUT2D eigenvalue weighted by atomic mass is 19.2. The average Bonchev–Trinajstić information content (AvgIpc) is 3.14. The Morgan fingerprint density at radius 1 is 0.540 bits per heavy atom. The van der Waals surface area contributed by atoms with Gasteiger partial charge in [-0.05, 0) is 109 Å². The van der Waals surface area contributed by atoms with Crippen molar-refractivity contribution in [2.24, 2.45) is 5.92 Å². The minimum atomic E-state index is -0.913. The molecule has 268 valence electrons. The molecule has 0 heterocycles. The molecule has 50 heavy (non-hydrogen) atoms. The standard InChI is InChI=1S/C44H52F4O2/c1-2-12-32-13-15-33(16-14-32)34-17-19-36(20-18-34)39-26-28-42(44(48)43(39)47)50-30-11-9-7-5-3-4-6-8-10-29-49-38-24-21-35(22-25-38)37-23-27-40(45)41(46)31-37/h17-28,31-33H,2-16,29-30H2,1H3. The van der Waals surface area contributed by atoms with Crippen molar-refractivity contribution in [3.05, 3.63) is 108 Å². The van der Waals surface area contributed by atoms with Gasteiger partial charge in [0, 0.05) is 5.56 Å². The van der Waals surface area contributed by atoms with Gasteiger partial charge in [0.15, 0.2) is 23.2 Å². The molecule has 0 amide bonds. The van der Waals surface area contributed by atoms with Crippen LogP contribution in [0.3, 0.4) is 0 Å². The molecule has 0 N–H and O–H groups in total. The lowest BCUT2D eigenvalue weighted by Crippen LogP contribution is -2.13. The van der Waals surface area contributed by atoms with Gasteiger partial charge in [-0.15, -0.1) is 0 Å². The molecule has 1 aliphatic carbocycles. The first-order valence-electron chi connectivity index (χ1n) is 18.8. The fourth-order valence-electron chi connectivity index (χ4n) is 7.23. The van der Waals surface area contributed by atoms with E-state index in [0.29, 0.717) is 30.3 Å². The zero-order valence-corrected chi connectivity index (χ0v) is 29.5. The van der Waals surface area contributed by atoms with Crippen LogP contribution >= 0.6 is 0 Å². The first-order chi connectivity index (χ1) is 24.4. The third kappa shape index (κ3) is 10.8. The summed E-state index contributed by atoms with van der Waals surface area (Å²) in [5, 5.41) is 0. The van der Waals surface area contributed by atoms with Crippen molar-refractivity contribution in [2.45, 2.75) is 109 Å². The molecule has 5 rings (SSSR count). The van der Waals surface area contributed by atoms with Gasteiger partial charge in [0.25, 0.3) is 0 Å². The van der Waals surface area contributed by atoms with Crippen LogP contribution in [0.25, 0.3) is 22.3 Å². The average molecular weight is 689 g/mol. The first-order valence-corrected chi connectivity index (χ1v) is 18.8. The van der Waals surface area contributed by atoms with Gasteiger partial charge in [-0.25, -0.2) is 13.2 Å². The van der Waals surface area contributed by atoms with E-state index in [1.54, 1.807) is 18.2 Å².